The van der Waals surface area contributed by atoms with Crippen molar-refractivity contribution in [2.75, 3.05) is 20.2 Å². The van der Waals surface area contributed by atoms with Crippen LogP contribution in [-0.2, 0) is 14.0 Å². The Balaban J connectivity index is 2.08. The zero-order valence-corrected chi connectivity index (χ0v) is 12.4. The van der Waals surface area contributed by atoms with Crippen molar-refractivity contribution in [2.45, 2.75) is 45.3 Å². The lowest BCUT2D eigenvalue weighted by molar-refractivity contribution is 0.00578. The van der Waals surface area contributed by atoms with Gasteiger partial charge in [-0.05, 0) is 39.6 Å². The van der Waals surface area contributed by atoms with Crippen LogP contribution in [0.5, 0.6) is 0 Å². The van der Waals surface area contributed by atoms with Gasteiger partial charge in [-0.3, -0.25) is 0 Å². The van der Waals surface area contributed by atoms with Crippen molar-refractivity contribution >= 4 is 13.2 Å². The zero-order chi connectivity index (χ0) is 14.3. The highest BCUT2D eigenvalue weighted by Gasteiger charge is 2.52. The molecule has 6 heteroatoms. The lowest BCUT2D eigenvalue weighted by atomic mass is 9.76. The second kappa shape index (κ2) is 4.83. The molecule has 2 rings (SSSR count). The van der Waals surface area contributed by atoms with Gasteiger partial charge in [0.25, 0.3) is 0 Å². The number of ether oxygens (including phenoxy) is 1. The minimum absolute atomic E-state index is 0.304. The SMILES string of the molecule is COC(=O)N1CCC=C(B2OC(C)(C)C(C)(C)O2)C1. The van der Waals surface area contributed by atoms with Crippen LogP contribution in [-0.4, -0.2) is 49.5 Å². The third-order valence-electron chi connectivity index (χ3n) is 4.17. The van der Waals surface area contributed by atoms with E-state index in [2.05, 4.69) is 6.08 Å². The molecule has 2 aliphatic rings. The molecule has 2 aliphatic heterocycles. The molecule has 106 valence electrons. The number of hydrogen-bond acceptors (Lipinski definition) is 4. The van der Waals surface area contributed by atoms with Gasteiger partial charge in [-0.25, -0.2) is 4.79 Å². The van der Waals surface area contributed by atoms with Gasteiger partial charge in [0.15, 0.2) is 0 Å². The average Bonchev–Trinajstić information content (AvgIpc) is 2.58. The van der Waals surface area contributed by atoms with Gasteiger partial charge in [0, 0.05) is 13.1 Å². The van der Waals surface area contributed by atoms with Gasteiger partial charge in [0.2, 0.25) is 0 Å². The molecule has 2 heterocycles. The molecule has 1 saturated heterocycles. The lowest BCUT2D eigenvalue weighted by Gasteiger charge is -2.32. The van der Waals surface area contributed by atoms with Crippen molar-refractivity contribution in [1.29, 1.82) is 0 Å². The predicted molar refractivity (Wildman–Crippen MR) is 72.8 cm³/mol. The number of carbonyl (C=O) groups is 1. The number of amides is 1. The van der Waals surface area contributed by atoms with Crippen molar-refractivity contribution in [3.8, 4) is 0 Å². The monoisotopic (exact) mass is 267 g/mol. The summed E-state index contributed by atoms with van der Waals surface area (Å²) in [5, 5.41) is 0. The van der Waals surface area contributed by atoms with Crippen LogP contribution in [0, 0.1) is 0 Å². The molecular formula is C13H22BNO4. The Morgan fingerprint density at radius 1 is 1.32 bits per heavy atom. The molecule has 0 aliphatic carbocycles. The summed E-state index contributed by atoms with van der Waals surface area (Å²) < 4.78 is 16.8. The molecule has 0 saturated carbocycles. The first kappa shape index (κ1) is 14.4. The Kier molecular flexibility index (Phi) is 3.66. The summed E-state index contributed by atoms with van der Waals surface area (Å²) in [6, 6.07) is 0. The first-order chi connectivity index (χ1) is 8.77. The second-order valence-corrected chi connectivity index (χ2v) is 6.05. The number of rotatable bonds is 1. The van der Waals surface area contributed by atoms with Crippen LogP contribution >= 0.6 is 0 Å². The first-order valence-electron chi connectivity index (χ1n) is 6.64. The van der Waals surface area contributed by atoms with Gasteiger partial charge in [-0.15, -0.1) is 0 Å². The third-order valence-corrected chi connectivity index (χ3v) is 4.17. The fourth-order valence-corrected chi connectivity index (χ4v) is 2.22. The summed E-state index contributed by atoms with van der Waals surface area (Å²) in [7, 11) is 1.02. The summed E-state index contributed by atoms with van der Waals surface area (Å²) in [4.78, 5) is 13.2. The minimum atomic E-state index is -0.377. The molecule has 0 spiro atoms. The molecule has 1 amide bonds. The van der Waals surface area contributed by atoms with Gasteiger partial charge in [0.05, 0.1) is 18.3 Å². The van der Waals surface area contributed by atoms with E-state index >= 15 is 0 Å². The fourth-order valence-electron chi connectivity index (χ4n) is 2.22. The topological polar surface area (TPSA) is 48.0 Å². The largest absolute Gasteiger partial charge is 0.492 e. The quantitative estimate of drug-likeness (QED) is 0.682. The standard InChI is InChI=1S/C13H22BNO4/c1-12(2)13(3,4)19-14(18-12)10-7-6-8-15(9-10)11(16)17-5/h7H,6,8-9H2,1-5H3. The Morgan fingerprint density at radius 3 is 2.42 bits per heavy atom. The van der Waals surface area contributed by atoms with Crippen LogP contribution in [0.1, 0.15) is 34.1 Å². The Morgan fingerprint density at radius 2 is 1.89 bits per heavy atom. The number of hydrogen-bond donors (Lipinski definition) is 0. The molecule has 0 unspecified atom stereocenters. The maximum Gasteiger partial charge on any atom is 0.492 e. The van der Waals surface area contributed by atoms with Crippen molar-refractivity contribution in [3.63, 3.8) is 0 Å². The van der Waals surface area contributed by atoms with Crippen LogP contribution in [0.4, 0.5) is 4.79 Å². The highest BCUT2D eigenvalue weighted by molar-refractivity contribution is 6.54. The van der Waals surface area contributed by atoms with Gasteiger partial charge < -0.3 is 18.9 Å². The van der Waals surface area contributed by atoms with Crippen molar-refractivity contribution in [2.24, 2.45) is 0 Å². The molecule has 0 atom stereocenters. The summed E-state index contributed by atoms with van der Waals surface area (Å²) in [6.07, 6.45) is 2.60. The highest BCUT2D eigenvalue weighted by Crippen LogP contribution is 2.39. The van der Waals surface area contributed by atoms with Crippen LogP contribution in [0.3, 0.4) is 0 Å². The summed E-state index contributed by atoms with van der Waals surface area (Å²) in [6.45, 7) is 9.27. The molecule has 0 bridgehead atoms. The van der Waals surface area contributed by atoms with E-state index in [0.29, 0.717) is 13.1 Å². The Hall–Kier alpha value is -1.01. The van der Waals surface area contributed by atoms with E-state index in [9.17, 15) is 4.79 Å². The lowest BCUT2D eigenvalue weighted by Crippen LogP contribution is -2.41. The maximum atomic E-state index is 11.6. The van der Waals surface area contributed by atoms with Crippen LogP contribution in [0.2, 0.25) is 0 Å². The van der Waals surface area contributed by atoms with Crippen molar-refractivity contribution < 1.29 is 18.8 Å². The van der Waals surface area contributed by atoms with Gasteiger partial charge in [-0.1, -0.05) is 6.08 Å². The number of methoxy groups -OCH3 is 1. The van der Waals surface area contributed by atoms with E-state index in [-0.39, 0.29) is 24.4 Å². The van der Waals surface area contributed by atoms with Crippen LogP contribution in [0.25, 0.3) is 0 Å². The van der Waals surface area contributed by atoms with Crippen LogP contribution in [0.15, 0.2) is 11.5 Å². The van der Waals surface area contributed by atoms with E-state index in [1.807, 2.05) is 27.7 Å². The molecule has 0 radical (unpaired) electrons. The molecule has 1 fully saturated rings. The van der Waals surface area contributed by atoms with E-state index in [4.69, 9.17) is 14.0 Å². The summed E-state index contributed by atoms with van der Waals surface area (Å²) in [5.74, 6) is 0. The molecule has 5 nitrogen and oxygen atoms in total. The van der Waals surface area contributed by atoms with E-state index in [1.165, 1.54) is 7.11 Å². The summed E-state index contributed by atoms with van der Waals surface area (Å²) in [5.41, 5.74) is 0.285. The number of nitrogens with zero attached hydrogens (tertiary/aromatic N) is 1. The smallest absolute Gasteiger partial charge is 0.453 e. The predicted octanol–water partition coefficient (Wildman–Crippen LogP) is 2.02. The van der Waals surface area contributed by atoms with Gasteiger partial charge in [0.1, 0.15) is 0 Å². The van der Waals surface area contributed by atoms with Gasteiger partial charge in [-0.2, -0.15) is 0 Å². The molecule has 0 aromatic heterocycles. The molecular weight excluding hydrogens is 245 g/mol. The second-order valence-electron chi connectivity index (χ2n) is 6.05. The van der Waals surface area contributed by atoms with E-state index < -0.39 is 0 Å². The van der Waals surface area contributed by atoms with Gasteiger partial charge >= 0.3 is 13.2 Å². The molecule has 0 aromatic carbocycles. The first-order valence-corrected chi connectivity index (χ1v) is 6.64. The maximum absolute atomic E-state index is 11.6. The van der Waals surface area contributed by atoms with E-state index in [1.54, 1.807) is 4.90 Å². The minimum Gasteiger partial charge on any atom is -0.453 e. The Labute approximate surface area is 115 Å². The number of carbonyl (C=O) groups excluding carboxylic acids is 1. The summed E-state index contributed by atoms with van der Waals surface area (Å²) >= 11 is 0. The van der Waals surface area contributed by atoms with Crippen molar-refractivity contribution in [3.05, 3.63) is 11.5 Å². The third kappa shape index (κ3) is 2.65. The zero-order valence-electron chi connectivity index (χ0n) is 12.4. The highest BCUT2D eigenvalue weighted by atomic mass is 16.7. The van der Waals surface area contributed by atoms with Crippen LogP contribution < -0.4 is 0 Å². The van der Waals surface area contributed by atoms with Crippen molar-refractivity contribution in [1.82, 2.24) is 4.90 Å². The fraction of sp³-hybridized carbons (Fsp3) is 0.769. The average molecular weight is 267 g/mol. The normalized spacial score (nSPS) is 25.2. The van der Waals surface area contributed by atoms with E-state index in [0.717, 1.165) is 11.9 Å². The Bertz CT molecular complexity index is 389. The molecule has 0 aromatic rings. The molecule has 19 heavy (non-hydrogen) atoms. The molecule has 0 N–H and O–H groups in total.